The topological polar surface area (TPSA) is 44.8 Å². The first-order valence-corrected chi connectivity index (χ1v) is 5.54. The maximum Gasteiger partial charge on any atom is 0.332 e. The van der Waals surface area contributed by atoms with Crippen LogP contribution in [-0.4, -0.2) is 37.0 Å². The van der Waals surface area contributed by atoms with Crippen molar-refractivity contribution in [1.29, 1.82) is 0 Å². The van der Waals surface area contributed by atoms with E-state index in [1.165, 1.54) is 0 Å². The van der Waals surface area contributed by atoms with Crippen molar-refractivity contribution in [2.75, 3.05) is 19.8 Å². The van der Waals surface area contributed by atoms with Gasteiger partial charge in [0.15, 0.2) is 0 Å². The van der Waals surface area contributed by atoms with Crippen molar-refractivity contribution < 1.29 is 19.0 Å². The minimum absolute atomic E-state index is 0.0230. The molecule has 0 spiro atoms. The van der Waals surface area contributed by atoms with E-state index in [9.17, 15) is 4.79 Å². The van der Waals surface area contributed by atoms with E-state index in [1.54, 1.807) is 0 Å². The van der Waals surface area contributed by atoms with Crippen LogP contribution in [0, 0.1) is 0 Å². The molecule has 0 saturated heterocycles. The molecule has 4 nitrogen and oxygen atoms in total. The van der Waals surface area contributed by atoms with Crippen LogP contribution in [0.1, 0.15) is 41.5 Å². The van der Waals surface area contributed by atoms with E-state index in [2.05, 4.69) is 0 Å². The van der Waals surface area contributed by atoms with E-state index >= 15 is 0 Å². The Morgan fingerprint density at radius 1 is 0.938 bits per heavy atom. The molecule has 0 radical (unpaired) electrons. The van der Waals surface area contributed by atoms with Crippen molar-refractivity contribution in [1.82, 2.24) is 0 Å². The van der Waals surface area contributed by atoms with Crippen LogP contribution in [0.2, 0.25) is 0 Å². The molecule has 0 aromatic rings. The molecule has 0 unspecified atom stereocenters. The summed E-state index contributed by atoms with van der Waals surface area (Å²) in [6.07, 6.45) is 0. The maximum absolute atomic E-state index is 11.2. The SMILES string of the molecule is CC(C)(C)OCCOCC(=O)OC(C)(C)C. The molecule has 16 heavy (non-hydrogen) atoms. The van der Waals surface area contributed by atoms with Crippen molar-refractivity contribution in [3.8, 4) is 0 Å². The summed E-state index contributed by atoms with van der Waals surface area (Å²) in [5, 5.41) is 0. The largest absolute Gasteiger partial charge is 0.458 e. The number of hydrogen-bond acceptors (Lipinski definition) is 4. The van der Waals surface area contributed by atoms with Gasteiger partial charge in [0.25, 0.3) is 0 Å². The number of ether oxygens (including phenoxy) is 3. The molecule has 0 heterocycles. The molecule has 0 atom stereocenters. The van der Waals surface area contributed by atoms with E-state index in [0.29, 0.717) is 13.2 Å². The molecule has 0 aromatic carbocycles. The molecule has 96 valence electrons. The minimum Gasteiger partial charge on any atom is -0.458 e. The average molecular weight is 232 g/mol. The highest BCUT2D eigenvalue weighted by Gasteiger charge is 2.16. The zero-order valence-electron chi connectivity index (χ0n) is 11.3. The van der Waals surface area contributed by atoms with Crippen LogP contribution in [0.5, 0.6) is 0 Å². The first kappa shape index (κ1) is 15.4. The molecule has 0 aliphatic carbocycles. The van der Waals surface area contributed by atoms with Gasteiger partial charge in [-0.2, -0.15) is 0 Å². The first-order chi connectivity index (χ1) is 7.10. The van der Waals surface area contributed by atoms with Gasteiger partial charge in [-0.3, -0.25) is 0 Å². The molecule has 0 aromatic heterocycles. The summed E-state index contributed by atoms with van der Waals surface area (Å²) in [7, 11) is 0. The van der Waals surface area contributed by atoms with Gasteiger partial charge in [0.05, 0.1) is 18.8 Å². The smallest absolute Gasteiger partial charge is 0.332 e. The van der Waals surface area contributed by atoms with Gasteiger partial charge < -0.3 is 14.2 Å². The lowest BCUT2D eigenvalue weighted by molar-refractivity contribution is -0.161. The molecule has 0 N–H and O–H groups in total. The molecule has 0 aliphatic heterocycles. The molecule has 0 saturated carbocycles. The zero-order chi connectivity index (χ0) is 12.8. The van der Waals surface area contributed by atoms with Gasteiger partial charge in [-0.1, -0.05) is 0 Å². The molecular formula is C12H24O4. The van der Waals surface area contributed by atoms with Crippen LogP contribution in [0.4, 0.5) is 0 Å². The third-order valence-electron chi connectivity index (χ3n) is 1.40. The fraction of sp³-hybridized carbons (Fsp3) is 0.917. The summed E-state index contributed by atoms with van der Waals surface area (Å²) in [5.74, 6) is -0.344. The Hall–Kier alpha value is -0.610. The highest BCUT2D eigenvalue weighted by atomic mass is 16.6. The van der Waals surface area contributed by atoms with Crippen LogP contribution in [-0.2, 0) is 19.0 Å². The van der Waals surface area contributed by atoms with Crippen molar-refractivity contribution in [2.45, 2.75) is 52.7 Å². The van der Waals surface area contributed by atoms with Gasteiger partial charge in [-0.25, -0.2) is 4.79 Å². The van der Waals surface area contributed by atoms with Crippen LogP contribution in [0.3, 0.4) is 0 Å². The summed E-state index contributed by atoms with van der Waals surface area (Å²) < 4.78 is 15.7. The van der Waals surface area contributed by atoms with Crippen LogP contribution >= 0.6 is 0 Å². The van der Waals surface area contributed by atoms with Crippen molar-refractivity contribution in [3.63, 3.8) is 0 Å². The summed E-state index contributed by atoms with van der Waals surface area (Å²) in [6, 6.07) is 0. The molecule has 0 bridgehead atoms. The average Bonchev–Trinajstić information content (AvgIpc) is 1.97. The Morgan fingerprint density at radius 3 is 1.94 bits per heavy atom. The molecule has 4 heteroatoms. The second kappa shape index (κ2) is 6.21. The zero-order valence-corrected chi connectivity index (χ0v) is 11.3. The van der Waals surface area contributed by atoms with Crippen molar-refractivity contribution >= 4 is 5.97 Å². The van der Waals surface area contributed by atoms with Crippen molar-refractivity contribution in [3.05, 3.63) is 0 Å². The lowest BCUT2D eigenvalue weighted by atomic mass is 10.2. The standard InChI is InChI=1S/C12H24O4/c1-11(2,3)15-8-7-14-9-10(13)16-12(4,5)6/h7-9H2,1-6H3. The summed E-state index contributed by atoms with van der Waals surface area (Å²) in [5.41, 5.74) is -0.627. The molecule has 0 fully saturated rings. The van der Waals surface area contributed by atoms with Gasteiger partial charge in [0, 0.05) is 0 Å². The lowest BCUT2D eigenvalue weighted by Gasteiger charge is -2.20. The Balaban J connectivity index is 3.50. The Kier molecular flexibility index (Phi) is 5.97. The summed E-state index contributed by atoms with van der Waals surface area (Å²) in [6.45, 7) is 12.3. The normalized spacial score (nSPS) is 12.6. The highest BCUT2D eigenvalue weighted by Crippen LogP contribution is 2.07. The third-order valence-corrected chi connectivity index (χ3v) is 1.40. The van der Waals surface area contributed by atoms with E-state index in [0.717, 1.165) is 0 Å². The lowest BCUT2D eigenvalue weighted by Crippen LogP contribution is -2.27. The number of rotatable bonds is 5. The summed E-state index contributed by atoms with van der Waals surface area (Å²) in [4.78, 5) is 11.2. The molecule has 0 rings (SSSR count). The quantitative estimate of drug-likeness (QED) is 0.538. The Morgan fingerprint density at radius 2 is 1.50 bits per heavy atom. The number of esters is 1. The second-order valence-corrected chi connectivity index (χ2v) is 5.60. The van der Waals surface area contributed by atoms with Gasteiger partial charge in [0.1, 0.15) is 12.2 Å². The molecule has 0 amide bonds. The fourth-order valence-corrected chi connectivity index (χ4v) is 0.933. The highest BCUT2D eigenvalue weighted by molar-refractivity contribution is 5.71. The Labute approximate surface area is 98.3 Å². The monoisotopic (exact) mass is 232 g/mol. The van der Waals surface area contributed by atoms with Crippen LogP contribution in [0.15, 0.2) is 0 Å². The van der Waals surface area contributed by atoms with Crippen LogP contribution < -0.4 is 0 Å². The van der Waals surface area contributed by atoms with Crippen LogP contribution in [0.25, 0.3) is 0 Å². The van der Waals surface area contributed by atoms with E-state index < -0.39 is 5.60 Å². The third kappa shape index (κ3) is 11.5. The van der Waals surface area contributed by atoms with E-state index in [-0.39, 0.29) is 18.2 Å². The summed E-state index contributed by atoms with van der Waals surface area (Å²) >= 11 is 0. The number of hydrogen-bond donors (Lipinski definition) is 0. The number of carbonyl (C=O) groups excluding carboxylic acids is 1. The van der Waals surface area contributed by atoms with Crippen molar-refractivity contribution in [2.24, 2.45) is 0 Å². The van der Waals surface area contributed by atoms with Gasteiger partial charge in [-0.05, 0) is 41.5 Å². The Bertz CT molecular complexity index is 210. The van der Waals surface area contributed by atoms with Gasteiger partial charge in [0.2, 0.25) is 0 Å². The predicted molar refractivity (Wildman–Crippen MR) is 62.4 cm³/mol. The maximum atomic E-state index is 11.2. The fourth-order valence-electron chi connectivity index (χ4n) is 0.933. The number of carbonyl (C=O) groups is 1. The molecular weight excluding hydrogens is 208 g/mol. The van der Waals surface area contributed by atoms with Gasteiger partial charge >= 0.3 is 5.97 Å². The van der Waals surface area contributed by atoms with E-state index in [1.807, 2.05) is 41.5 Å². The van der Waals surface area contributed by atoms with E-state index in [4.69, 9.17) is 14.2 Å². The predicted octanol–water partition coefficient (Wildman–Crippen LogP) is 2.16. The second-order valence-electron chi connectivity index (χ2n) is 5.60. The van der Waals surface area contributed by atoms with Gasteiger partial charge in [-0.15, -0.1) is 0 Å². The minimum atomic E-state index is -0.456. The molecule has 0 aliphatic rings. The first-order valence-electron chi connectivity index (χ1n) is 5.54.